The highest BCUT2D eigenvalue weighted by Crippen LogP contribution is 2.41. The highest BCUT2D eigenvalue weighted by atomic mass is 16.5. The van der Waals surface area contributed by atoms with E-state index in [4.69, 9.17) is 4.74 Å². The Morgan fingerprint density at radius 2 is 1.95 bits per heavy atom. The molecule has 0 aromatic carbocycles. The van der Waals surface area contributed by atoms with Crippen LogP contribution in [0.4, 0.5) is 0 Å². The van der Waals surface area contributed by atoms with E-state index in [0.29, 0.717) is 11.5 Å². The molecule has 3 nitrogen and oxygen atoms in total. The molecule has 126 valence electrons. The minimum atomic E-state index is 0.453. The molecular formula is C19H34N2O. The first-order valence-electron chi connectivity index (χ1n) is 9.08. The zero-order valence-corrected chi connectivity index (χ0v) is 14.9. The van der Waals surface area contributed by atoms with Crippen molar-refractivity contribution in [1.29, 1.82) is 0 Å². The molecule has 1 aromatic heterocycles. The standard InChI is InChI=1S/C19H34N2O/c1-5-22-18(7-6-13-21-14-12-20-15-21)16-8-10-17(11-9-16)19(2,3)4/h12,14-18H,5-11,13H2,1-4H3. The molecule has 1 aliphatic rings. The Morgan fingerprint density at radius 1 is 1.23 bits per heavy atom. The van der Waals surface area contributed by atoms with E-state index < -0.39 is 0 Å². The lowest BCUT2D eigenvalue weighted by molar-refractivity contribution is -0.0119. The van der Waals surface area contributed by atoms with Gasteiger partial charge in [-0.05, 0) is 62.7 Å². The molecule has 0 saturated heterocycles. The van der Waals surface area contributed by atoms with Gasteiger partial charge in [-0.1, -0.05) is 20.8 Å². The Morgan fingerprint density at radius 3 is 2.50 bits per heavy atom. The third-order valence-corrected chi connectivity index (χ3v) is 5.37. The molecular weight excluding hydrogens is 272 g/mol. The summed E-state index contributed by atoms with van der Waals surface area (Å²) in [5, 5.41) is 0. The number of nitrogens with zero attached hydrogens (tertiary/aromatic N) is 2. The maximum Gasteiger partial charge on any atom is 0.0945 e. The average Bonchev–Trinajstić information content (AvgIpc) is 2.99. The van der Waals surface area contributed by atoms with E-state index in [1.165, 1.54) is 38.5 Å². The summed E-state index contributed by atoms with van der Waals surface area (Å²) in [6, 6.07) is 0. The van der Waals surface area contributed by atoms with Crippen LogP contribution in [0.3, 0.4) is 0 Å². The predicted octanol–water partition coefficient (Wildman–Crippen LogP) is 4.92. The smallest absolute Gasteiger partial charge is 0.0945 e. The van der Waals surface area contributed by atoms with Crippen molar-refractivity contribution in [3.8, 4) is 0 Å². The second-order valence-corrected chi connectivity index (χ2v) is 7.91. The summed E-state index contributed by atoms with van der Waals surface area (Å²) in [5.41, 5.74) is 0.466. The van der Waals surface area contributed by atoms with Crippen molar-refractivity contribution in [2.75, 3.05) is 6.61 Å². The molecule has 0 bridgehead atoms. The van der Waals surface area contributed by atoms with Gasteiger partial charge in [-0.25, -0.2) is 4.98 Å². The van der Waals surface area contributed by atoms with Gasteiger partial charge in [0, 0.05) is 25.5 Å². The van der Waals surface area contributed by atoms with Gasteiger partial charge in [0.05, 0.1) is 12.4 Å². The van der Waals surface area contributed by atoms with Crippen LogP contribution in [0.15, 0.2) is 18.7 Å². The molecule has 1 aliphatic carbocycles. The van der Waals surface area contributed by atoms with Crippen LogP contribution in [0.5, 0.6) is 0 Å². The highest BCUT2D eigenvalue weighted by Gasteiger charge is 2.32. The molecule has 1 heterocycles. The molecule has 22 heavy (non-hydrogen) atoms. The van der Waals surface area contributed by atoms with Gasteiger partial charge in [-0.2, -0.15) is 0 Å². The largest absolute Gasteiger partial charge is 0.378 e. The summed E-state index contributed by atoms with van der Waals surface area (Å²) < 4.78 is 8.26. The van der Waals surface area contributed by atoms with E-state index in [0.717, 1.165) is 25.0 Å². The van der Waals surface area contributed by atoms with Crippen molar-refractivity contribution in [2.45, 2.75) is 78.9 Å². The molecule has 1 saturated carbocycles. The normalized spacial score (nSPS) is 24.4. The zero-order chi connectivity index (χ0) is 16.0. The Kier molecular flexibility index (Phi) is 6.49. The van der Waals surface area contributed by atoms with Crippen molar-refractivity contribution in [3.63, 3.8) is 0 Å². The molecule has 3 heteroatoms. The maximum atomic E-state index is 6.10. The fraction of sp³-hybridized carbons (Fsp3) is 0.842. The van der Waals surface area contributed by atoms with Crippen LogP contribution < -0.4 is 0 Å². The quantitative estimate of drug-likeness (QED) is 0.715. The van der Waals surface area contributed by atoms with Crippen molar-refractivity contribution >= 4 is 0 Å². The lowest BCUT2D eigenvalue weighted by Crippen LogP contribution is -2.32. The zero-order valence-electron chi connectivity index (χ0n) is 14.9. The topological polar surface area (TPSA) is 27.1 Å². The fourth-order valence-corrected chi connectivity index (χ4v) is 3.92. The van der Waals surface area contributed by atoms with Crippen LogP contribution in [0.2, 0.25) is 0 Å². The molecule has 0 radical (unpaired) electrons. The monoisotopic (exact) mass is 306 g/mol. The summed E-state index contributed by atoms with van der Waals surface area (Å²) in [6.07, 6.45) is 14.1. The van der Waals surface area contributed by atoms with E-state index in [9.17, 15) is 0 Å². The first kappa shape index (κ1) is 17.5. The molecule has 0 spiro atoms. The molecule has 0 amide bonds. The molecule has 2 rings (SSSR count). The molecule has 0 N–H and O–H groups in total. The minimum absolute atomic E-state index is 0.453. The fourth-order valence-electron chi connectivity index (χ4n) is 3.92. The number of aromatic nitrogens is 2. The first-order valence-corrected chi connectivity index (χ1v) is 9.08. The van der Waals surface area contributed by atoms with Gasteiger partial charge in [0.2, 0.25) is 0 Å². The van der Waals surface area contributed by atoms with E-state index >= 15 is 0 Å². The highest BCUT2D eigenvalue weighted by molar-refractivity contribution is 4.84. The average molecular weight is 306 g/mol. The van der Waals surface area contributed by atoms with Gasteiger partial charge in [0.1, 0.15) is 0 Å². The SMILES string of the molecule is CCOC(CCCn1ccnc1)C1CCC(C(C)(C)C)CC1. The van der Waals surface area contributed by atoms with Gasteiger partial charge in [0.15, 0.2) is 0 Å². The van der Waals surface area contributed by atoms with Gasteiger partial charge in [0.25, 0.3) is 0 Å². The van der Waals surface area contributed by atoms with Gasteiger partial charge < -0.3 is 9.30 Å². The lowest BCUT2D eigenvalue weighted by atomic mass is 9.68. The summed E-state index contributed by atoms with van der Waals surface area (Å²) in [7, 11) is 0. The van der Waals surface area contributed by atoms with E-state index in [2.05, 4.69) is 37.2 Å². The number of imidazole rings is 1. The summed E-state index contributed by atoms with van der Waals surface area (Å²) >= 11 is 0. The van der Waals surface area contributed by atoms with E-state index in [-0.39, 0.29) is 0 Å². The van der Waals surface area contributed by atoms with Crippen LogP contribution in [-0.4, -0.2) is 22.3 Å². The second-order valence-electron chi connectivity index (χ2n) is 7.91. The predicted molar refractivity (Wildman–Crippen MR) is 91.8 cm³/mol. The van der Waals surface area contributed by atoms with Crippen LogP contribution in [0.25, 0.3) is 0 Å². The molecule has 1 unspecified atom stereocenters. The Bertz CT molecular complexity index is 400. The van der Waals surface area contributed by atoms with Crippen molar-refractivity contribution in [3.05, 3.63) is 18.7 Å². The third kappa shape index (κ3) is 5.12. The molecule has 1 aromatic rings. The van der Waals surface area contributed by atoms with Crippen molar-refractivity contribution in [1.82, 2.24) is 9.55 Å². The molecule has 1 fully saturated rings. The van der Waals surface area contributed by atoms with Gasteiger partial charge in [-0.15, -0.1) is 0 Å². The van der Waals surface area contributed by atoms with Gasteiger partial charge >= 0.3 is 0 Å². The minimum Gasteiger partial charge on any atom is -0.378 e. The van der Waals surface area contributed by atoms with Crippen LogP contribution in [-0.2, 0) is 11.3 Å². The number of rotatable bonds is 7. The van der Waals surface area contributed by atoms with Gasteiger partial charge in [-0.3, -0.25) is 0 Å². The van der Waals surface area contributed by atoms with Crippen molar-refractivity contribution in [2.24, 2.45) is 17.3 Å². The number of hydrogen-bond acceptors (Lipinski definition) is 2. The first-order chi connectivity index (χ1) is 10.5. The summed E-state index contributed by atoms with van der Waals surface area (Å²) in [5.74, 6) is 1.65. The summed E-state index contributed by atoms with van der Waals surface area (Å²) in [6.45, 7) is 11.2. The van der Waals surface area contributed by atoms with Crippen LogP contribution in [0.1, 0.15) is 66.2 Å². The second kappa shape index (κ2) is 8.14. The Balaban J connectivity index is 1.78. The summed E-state index contributed by atoms with van der Waals surface area (Å²) in [4.78, 5) is 4.11. The number of hydrogen-bond donors (Lipinski definition) is 0. The Labute approximate surface area is 136 Å². The molecule has 0 aliphatic heterocycles. The van der Waals surface area contributed by atoms with E-state index in [1.807, 2.05) is 18.7 Å². The number of aryl methyl sites for hydroxylation is 1. The maximum absolute atomic E-state index is 6.10. The Hall–Kier alpha value is -0.830. The number of ether oxygens (including phenoxy) is 1. The van der Waals surface area contributed by atoms with Crippen LogP contribution >= 0.6 is 0 Å². The lowest BCUT2D eigenvalue weighted by Gasteiger charge is -2.39. The molecule has 1 atom stereocenters. The van der Waals surface area contributed by atoms with E-state index in [1.54, 1.807) is 0 Å². The third-order valence-electron chi connectivity index (χ3n) is 5.37. The van der Waals surface area contributed by atoms with Crippen LogP contribution in [0, 0.1) is 17.3 Å². The van der Waals surface area contributed by atoms with Crippen molar-refractivity contribution < 1.29 is 4.74 Å².